The van der Waals surface area contributed by atoms with E-state index in [1.807, 2.05) is 0 Å². The Labute approximate surface area is 32.1 Å². The van der Waals surface area contributed by atoms with Crippen LogP contribution in [0.2, 0.25) is 0 Å². The molecule has 2 heteroatoms. The molecule has 0 aliphatic carbocycles. The molecule has 0 heterocycles. The fourth-order valence-electron chi connectivity index (χ4n) is 0.0786. The quantitative estimate of drug-likeness (QED) is 0.226. The van der Waals surface area contributed by atoms with Crippen LogP contribution in [0.3, 0.4) is 0 Å². The highest BCUT2D eigenvalue weighted by Crippen LogP contribution is 1.48. The molecule has 0 saturated carbocycles. The van der Waals surface area contributed by atoms with Crippen LogP contribution in [-0.2, 0) is 4.79 Å². The van der Waals surface area contributed by atoms with Crippen molar-refractivity contribution in [2.24, 2.45) is 0 Å². The van der Waals surface area contributed by atoms with E-state index in [1.165, 1.54) is 6.08 Å². The van der Waals surface area contributed by atoms with E-state index in [-0.39, 0.29) is 0 Å². The molecular weight excluding hydrogens is 62.8 g/mol. The first-order valence-electron chi connectivity index (χ1n) is 1.48. The lowest BCUT2D eigenvalue weighted by atomic mass is 10.1. The summed E-state index contributed by atoms with van der Waals surface area (Å²) in [6.45, 7) is 0. The molecular formula is C3H5BO. The van der Waals surface area contributed by atoms with E-state index >= 15 is 0 Å². The van der Waals surface area contributed by atoms with Crippen LogP contribution < -0.4 is 0 Å². The molecule has 0 aliphatic rings. The van der Waals surface area contributed by atoms with Gasteiger partial charge >= 0.3 is 0 Å². The smallest absolute Gasteiger partial charge is 0.141 e. The molecule has 0 amide bonds. The third-order valence-corrected chi connectivity index (χ3v) is 0.271. The van der Waals surface area contributed by atoms with E-state index in [2.05, 4.69) is 0 Å². The first-order valence-corrected chi connectivity index (χ1v) is 1.48. The second kappa shape index (κ2) is 3.47. The molecule has 0 saturated heterocycles. The van der Waals surface area contributed by atoms with Crippen LogP contribution in [-0.4, -0.2) is 14.1 Å². The Morgan fingerprint density at radius 2 is 2.20 bits per heavy atom. The van der Waals surface area contributed by atoms with Gasteiger partial charge in [0, 0.05) is 0 Å². The van der Waals surface area contributed by atoms with Gasteiger partial charge in [-0.2, -0.15) is 0 Å². The van der Waals surface area contributed by atoms with Crippen LogP contribution >= 0.6 is 0 Å². The van der Waals surface area contributed by atoms with E-state index < -0.39 is 0 Å². The SMILES string of the molecule is BC=CC=O. The molecule has 5 heavy (non-hydrogen) atoms. The van der Waals surface area contributed by atoms with Crippen LogP contribution in [0.1, 0.15) is 0 Å². The van der Waals surface area contributed by atoms with Crippen molar-refractivity contribution < 1.29 is 4.79 Å². The van der Waals surface area contributed by atoms with Crippen LogP contribution in [0.4, 0.5) is 0 Å². The number of carbonyl (C=O) groups is 1. The average Bonchev–Trinajstić information content (AvgIpc) is 1.41. The second-order valence-corrected chi connectivity index (χ2v) is 0.662. The summed E-state index contributed by atoms with van der Waals surface area (Å²) in [4.78, 5) is 9.32. The molecule has 0 N–H and O–H groups in total. The number of carbonyl (C=O) groups excluding carboxylic acids is 1. The average molecular weight is 67.9 g/mol. The van der Waals surface area contributed by atoms with E-state index in [9.17, 15) is 4.79 Å². The van der Waals surface area contributed by atoms with Gasteiger partial charge in [-0.25, -0.2) is 0 Å². The first kappa shape index (κ1) is 4.47. The molecule has 0 fully saturated rings. The zero-order valence-electron chi connectivity index (χ0n) is 3.14. The van der Waals surface area contributed by atoms with Gasteiger partial charge in [0.2, 0.25) is 0 Å². The van der Waals surface area contributed by atoms with Crippen molar-refractivity contribution in [1.29, 1.82) is 0 Å². The van der Waals surface area contributed by atoms with Gasteiger partial charge in [0.1, 0.15) is 14.1 Å². The summed E-state index contributed by atoms with van der Waals surface area (Å²) in [6, 6.07) is 0. The van der Waals surface area contributed by atoms with Crippen molar-refractivity contribution in [3.63, 3.8) is 0 Å². The maximum atomic E-state index is 9.32. The molecule has 0 atom stereocenters. The Kier molecular flexibility index (Phi) is 3.11. The van der Waals surface area contributed by atoms with Gasteiger partial charge in [-0.15, -0.1) is 5.98 Å². The molecule has 0 spiro atoms. The maximum absolute atomic E-state index is 9.32. The monoisotopic (exact) mass is 68.0 g/mol. The van der Waals surface area contributed by atoms with Crippen LogP contribution in [0.15, 0.2) is 12.1 Å². The highest BCUT2D eigenvalue weighted by molar-refractivity contribution is 6.18. The van der Waals surface area contributed by atoms with E-state index in [0.29, 0.717) is 0 Å². The first-order chi connectivity index (χ1) is 2.41. The molecule has 1 nitrogen and oxygen atoms in total. The Bertz CT molecular complexity index is 48.9. The molecule has 0 aromatic carbocycles. The molecule has 0 unspecified atom stereocenters. The predicted molar refractivity (Wildman–Crippen MR) is 23.7 cm³/mol. The van der Waals surface area contributed by atoms with Crippen LogP contribution in [0.25, 0.3) is 0 Å². The van der Waals surface area contributed by atoms with Crippen LogP contribution in [0, 0.1) is 0 Å². The number of rotatable bonds is 1. The van der Waals surface area contributed by atoms with E-state index in [1.54, 1.807) is 13.8 Å². The molecule has 0 aromatic heterocycles. The van der Waals surface area contributed by atoms with Crippen LogP contribution in [0.5, 0.6) is 0 Å². The van der Waals surface area contributed by atoms with Gasteiger partial charge in [0.15, 0.2) is 0 Å². The summed E-state index contributed by atoms with van der Waals surface area (Å²) in [7, 11) is 1.80. The summed E-state index contributed by atoms with van der Waals surface area (Å²) in [5.41, 5.74) is 0. The second-order valence-electron chi connectivity index (χ2n) is 0.662. The Hall–Kier alpha value is -0.525. The Morgan fingerprint density at radius 1 is 1.60 bits per heavy atom. The molecule has 0 radical (unpaired) electrons. The van der Waals surface area contributed by atoms with E-state index in [0.717, 1.165) is 6.29 Å². The zero-order valence-corrected chi connectivity index (χ0v) is 3.14. The summed E-state index contributed by atoms with van der Waals surface area (Å²) >= 11 is 0. The van der Waals surface area contributed by atoms with Gasteiger partial charge in [-0.1, -0.05) is 0 Å². The van der Waals surface area contributed by atoms with Crippen molar-refractivity contribution in [3.8, 4) is 0 Å². The van der Waals surface area contributed by atoms with Gasteiger partial charge in [-0.05, 0) is 6.08 Å². The van der Waals surface area contributed by atoms with Gasteiger partial charge in [0.25, 0.3) is 0 Å². The zero-order chi connectivity index (χ0) is 4.12. The highest BCUT2D eigenvalue weighted by atomic mass is 16.1. The summed E-state index contributed by atoms with van der Waals surface area (Å²) in [5, 5.41) is 0. The minimum Gasteiger partial charge on any atom is -0.299 e. The molecule has 26 valence electrons. The Balaban J connectivity index is 2.92. The fourth-order valence-corrected chi connectivity index (χ4v) is 0.0786. The standard InChI is InChI=1S/C3H5BO/c4-2-1-3-5/h1-3H,4H2. The Morgan fingerprint density at radius 3 is 2.20 bits per heavy atom. The number of hydrogen-bond acceptors (Lipinski definition) is 1. The minimum absolute atomic E-state index is 0.750. The van der Waals surface area contributed by atoms with Gasteiger partial charge in [0.05, 0.1) is 0 Å². The van der Waals surface area contributed by atoms with Crippen molar-refractivity contribution in [1.82, 2.24) is 0 Å². The molecule has 0 bridgehead atoms. The maximum Gasteiger partial charge on any atom is 0.141 e. The van der Waals surface area contributed by atoms with Gasteiger partial charge < -0.3 is 0 Å². The topological polar surface area (TPSA) is 17.1 Å². The summed E-state index contributed by atoms with van der Waals surface area (Å²) in [6.07, 6.45) is 2.19. The minimum atomic E-state index is 0.750. The third kappa shape index (κ3) is 3.47. The predicted octanol–water partition coefficient (Wildman–Crippen LogP) is -0.668. The van der Waals surface area contributed by atoms with E-state index in [4.69, 9.17) is 0 Å². The number of allylic oxidation sites excluding steroid dienone is 1. The van der Waals surface area contributed by atoms with Crippen molar-refractivity contribution in [3.05, 3.63) is 12.1 Å². The number of aldehydes is 1. The molecule has 0 rings (SSSR count). The largest absolute Gasteiger partial charge is 0.299 e. The summed E-state index contributed by atoms with van der Waals surface area (Å²) in [5.74, 6) is 1.69. The lowest BCUT2D eigenvalue weighted by molar-refractivity contribution is -0.104. The van der Waals surface area contributed by atoms with Gasteiger partial charge in [-0.3, -0.25) is 4.79 Å². The fraction of sp³-hybridized carbons (Fsp3) is 0. The van der Waals surface area contributed by atoms with Crippen molar-refractivity contribution in [2.75, 3.05) is 0 Å². The third-order valence-electron chi connectivity index (χ3n) is 0.271. The highest BCUT2D eigenvalue weighted by Gasteiger charge is 1.49. The number of hydrogen-bond donors (Lipinski definition) is 0. The lowest BCUT2D eigenvalue weighted by Crippen LogP contribution is -1.54. The normalized spacial score (nSPS) is 8.80. The lowest BCUT2D eigenvalue weighted by Gasteiger charge is -1.50. The molecule has 0 aromatic rings. The molecule has 0 aliphatic heterocycles. The van der Waals surface area contributed by atoms with Crippen molar-refractivity contribution >= 4 is 14.1 Å². The summed E-state index contributed by atoms with van der Waals surface area (Å²) < 4.78 is 0. The van der Waals surface area contributed by atoms with Crippen molar-refractivity contribution in [2.45, 2.75) is 0 Å².